The van der Waals surface area contributed by atoms with E-state index in [0.717, 1.165) is 30.5 Å². The molecule has 0 unspecified atom stereocenters. The lowest BCUT2D eigenvalue weighted by Gasteiger charge is -2.11. The average Bonchev–Trinajstić information content (AvgIpc) is 2.49. The van der Waals surface area contributed by atoms with Gasteiger partial charge in [0.05, 0.1) is 14.2 Å². The van der Waals surface area contributed by atoms with Crippen LogP contribution in [0.1, 0.15) is 51.5 Å². The van der Waals surface area contributed by atoms with Crippen LogP contribution in [0.15, 0.2) is 18.2 Å². The Balaban J connectivity index is 2.18. The van der Waals surface area contributed by atoms with Crippen molar-refractivity contribution in [2.24, 2.45) is 5.92 Å². The van der Waals surface area contributed by atoms with Crippen LogP contribution in [0.2, 0.25) is 0 Å². The second-order valence-corrected chi connectivity index (χ2v) is 5.95. The number of hydrogen-bond donors (Lipinski definition) is 1. The van der Waals surface area contributed by atoms with Crippen LogP contribution in [0.4, 0.5) is 0 Å². The molecule has 0 spiro atoms. The summed E-state index contributed by atoms with van der Waals surface area (Å²) >= 11 is 0. The van der Waals surface area contributed by atoms with Crippen LogP contribution in [-0.4, -0.2) is 20.8 Å². The van der Waals surface area contributed by atoms with E-state index < -0.39 is 0 Å². The molecule has 0 amide bonds. The number of nitrogens with one attached hydrogen (secondary N) is 1. The largest absolute Gasteiger partial charge is 0.497 e. The molecule has 0 radical (unpaired) electrons. The third-order valence-corrected chi connectivity index (χ3v) is 3.69. The van der Waals surface area contributed by atoms with Gasteiger partial charge in [-0.3, -0.25) is 0 Å². The average molecular weight is 293 g/mol. The molecule has 0 bridgehead atoms. The third kappa shape index (κ3) is 7.37. The summed E-state index contributed by atoms with van der Waals surface area (Å²) < 4.78 is 10.6. The topological polar surface area (TPSA) is 30.5 Å². The van der Waals surface area contributed by atoms with Crippen molar-refractivity contribution in [1.29, 1.82) is 0 Å². The summed E-state index contributed by atoms with van der Waals surface area (Å²) in [6, 6.07) is 5.97. The van der Waals surface area contributed by atoms with Gasteiger partial charge in [0, 0.05) is 18.2 Å². The Hall–Kier alpha value is -1.22. The van der Waals surface area contributed by atoms with E-state index in [2.05, 4.69) is 25.2 Å². The number of rotatable bonds is 11. The van der Waals surface area contributed by atoms with E-state index in [9.17, 15) is 0 Å². The van der Waals surface area contributed by atoms with Crippen molar-refractivity contribution >= 4 is 0 Å². The first-order valence-electron chi connectivity index (χ1n) is 8.09. The van der Waals surface area contributed by atoms with Gasteiger partial charge in [0.15, 0.2) is 0 Å². The molecule has 0 fully saturated rings. The number of methoxy groups -OCH3 is 2. The lowest BCUT2D eigenvalue weighted by molar-refractivity contribution is 0.389. The number of ether oxygens (including phenoxy) is 2. The zero-order valence-corrected chi connectivity index (χ0v) is 14.1. The minimum atomic E-state index is 0.834. The molecule has 0 saturated heterocycles. The van der Waals surface area contributed by atoms with Gasteiger partial charge in [0.2, 0.25) is 0 Å². The van der Waals surface area contributed by atoms with Gasteiger partial charge in [0.1, 0.15) is 11.5 Å². The van der Waals surface area contributed by atoms with E-state index in [4.69, 9.17) is 9.47 Å². The van der Waals surface area contributed by atoms with Crippen molar-refractivity contribution in [3.63, 3.8) is 0 Å². The fourth-order valence-electron chi connectivity index (χ4n) is 2.38. The quantitative estimate of drug-likeness (QED) is 0.613. The Bertz CT molecular complexity index is 391. The fraction of sp³-hybridized carbons (Fsp3) is 0.667. The molecule has 21 heavy (non-hydrogen) atoms. The monoisotopic (exact) mass is 293 g/mol. The molecule has 0 saturated carbocycles. The lowest BCUT2D eigenvalue weighted by atomic mass is 10.0. The molecule has 0 heterocycles. The highest BCUT2D eigenvalue weighted by Gasteiger charge is 2.04. The van der Waals surface area contributed by atoms with E-state index in [1.54, 1.807) is 14.2 Å². The normalized spacial score (nSPS) is 10.9. The zero-order chi connectivity index (χ0) is 15.5. The van der Waals surface area contributed by atoms with Crippen LogP contribution in [-0.2, 0) is 6.54 Å². The van der Waals surface area contributed by atoms with E-state index in [1.165, 1.54) is 37.7 Å². The molecular formula is C18H31NO2. The van der Waals surface area contributed by atoms with Gasteiger partial charge < -0.3 is 14.8 Å². The SMILES string of the molecule is COc1ccc(CNCCCCCCC(C)C)c(OC)c1. The summed E-state index contributed by atoms with van der Waals surface area (Å²) in [5.74, 6) is 2.56. The Labute approximate surface area is 130 Å². The molecule has 1 rings (SSSR count). The number of hydrogen-bond acceptors (Lipinski definition) is 3. The van der Waals surface area contributed by atoms with Gasteiger partial charge in [-0.15, -0.1) is 0 Å². The predicted molar refractivity (Wildman–Crippen MR) is 89.2 cm³/mol. The predicted octanol–water partition coefficient (Wildman–Crippen LogP) is 4.40. The van der Waals surface area contributed by atoms with Crippen LogP contribution in [0.3, 0.4) is 0 Å². The highest BCUT2D eigenvalue weighted by atomic mass is 16.5. The number of benzene rings is 1. The summed E-state index contributed by atoms with van der Waals surface area (Å²) in [6.45, 7) is 6.50. The minimum Gasteiger partial charge on any atom is -0.497 e. The lowest BCUT2D eigenvalue weighted by Crippen LogP contribution is -2.15. The summed E-state index contributed by atoms with van der Waals surface area (Å²) in [5.41, 5.74) is 1.18. The van der Waals surface area contributed by atoms with Crippen molar-refractivity contribution in [3.05, 3.63) is 23.8 Å². The number of unbranched alkanes of at least 4 members (excludes halogenated alkanes) is 3. The second-order valence-electron chi connectivity index (χ2n) is 5.95. The maximum atomic E-state index is 5.40. The maximum Gasteiger partial charge on any atom is 0.127 e. The summed E-state index contributed by atoms with van der Waals surface area (Å²) in [4.78, 5) is 0. The Morgan fingerprint density at radius 1 is 1.00 bits per heavy atom. The van der Waals surface area contributed by atoms with E-state index in [-0.39, 0.29) is 0 Å². The second kappa shape index (κ2) is 10.5. The first kappa shape index (κ1) is 17.8. The molecule has 120 valence electrons. The Morgan fingerprint density at radius 3 is 2.43 bits per heavy atom. The van der Waals surface area contributed by atoms with Crippen molar-refractivity contribution in [3.8, 4) is 11.5 Å². The van der Waals surface area contributed by atoms with Crippen LogP contribution in [0.25, 0.3) is 0 Å². The van der Waals surface area contributed by atoms with Gasteiger partial charge in [-0.1, -0.05) is 45.6 Å². The molecule has 0 aliphatic rings. The maximum absolute atomic E-state index is 5.40. The zero-order valence-electron chi connectivity index (χ0n) is 14.1. The van der Waals surface area contributed by atoms with Crippen LogP contribution >= 0.6 is 0 Å². The highest BCUT2D eigenvalue weighted by molar-refractivity contribution is 5.40. The van der Waals surface area contributed by atoms with Crippen molar-refractivity contribution in [1.82, 2.24) is 5.32 Å². The standard InChI is InChI=1S/C18H31NO2/c1-15(2)9-7-5-6-8-12-19-14-16-10-11-17(20-3)13-18(16)21-4/h10-11,13,15,19H,5-9,12,14H2,1-4H3. The molecule has 3 heteroatoms. The summed E-state index contributed by atoms with van der Waals surface area (Å²) in [6.07, 6.45) is 6.64. The van der Waals surface area contributed by atoms with E-state index >= 15 is 0 Å². The Kier molecular flexibility index (Phi) is 8.91. The summed E-state index contributed by atoms with van der Waals surface area (Å²) in [7, 11) is 3.37. The minimum absolute atomic E-state index is 0.834. The molecule has 0 aliphatic carbocycles. The van der Waals surface area contributed by atoms with Crippen LogP contribution in [0, 0.1) is 5.92 Å². The van der Waals surface area contributed by atoms with Crippen molar-refractivity contribution in [2.75, 3.05) is 20.8 Å². The van der Waals surface area contributed by atoms with E-state index in [0.29, 0.717) is 0 Å². The fourth-order valence-corrected chi connectivity index (χ4v) is 2.38. The van der Waals surface area contributed by atoms with Crippen LogP contribution < -0.4 is 14.8 Å². The highest BCUT2D eigenvalue weighted by Crippen LogP contribution is 2.24. The van der Waals surface area contributed by atoms with E-state index in [1.807, 2.05) is 12.1 Å². The van der Waals surface area contributed by atoms with Crippen molar-refractivity contribution < 1.29 is 9.47 Å². The molecule has 0 aliphatic heterocycles. The first-order valence-corrected chi connectivity index (χ1v) is 8.09. The molecular weight excluding hydrogens is 262 g/mol. The smallest absolute Gasteiger partial charge is 0.127 e. The molecule has 1 aromatic rings. The molecule has 1 N–H and O–H groups in total. The van der Waals surface area contributed by atoms with Gasteiger partial charge in [0.25, 0.3) is 0 Å². The molecule has 0 aromatic heterocycles. The molecule has 0 atom stereocenters. The van der Waals surface area contributed by atoms with Crippen molar-refractivity contribution in [2.45, 2.75) is 52.5 Å². The first-order chi connectivity index (χ1) is 10.2. The van der Waals surface area contributed by atoms with Gasteiger partial charge >= 0.3 is 0 Å². The van der Waals surface area contributed by atoms with Gasteiger partial charge in [-0.25, -0.2) is 0 Å². The summed E-state index contributed by atoms with van der Waals surface area (Å²) in [5, 5.41) is 3.49. The molecule has 1 aromatic carbocycles. The third-order valence-electron chi connectivity index (χ3n) is 3.69. The van der Waals surface area contributed by atoms with Crippen LogP contribution in [0.5, 0.6) is 11.5 Å². The van der Waals surface area contributed by atoms with Gasteiger partial charge in [-0.2, -0.15) is 0 Å². The molecule has 3 nitrogen and oxygen atoms in total. The Morgan fingerprint density at radius 2 is 1.76 bits per heavy atom. The van der Waals surface area contributed by atoms with Gasteiger partial charge in [-0.05, 0) is 24.9 Å².